The third kappa shape index (κ3) is 1.52. The van der Waals surface area contributed by atoms with Crippen LogP contribution in [0.4, 0.5) is 0 Å². The fourth-order valence-electron chi connectivity index (χ4n) is 2.09. The summed E-state index contributed by atoms with van der Waals surface area (Å²) >= 11 is 3.58. The number of aromatic amines is 1. The maximum absolute atomic E-state index is 5.36. The van der Waals surface area contributed by atoms with Gasteiger partial charge in [-0.3, -0.25) is 0 Å². The number of methoxy groups -OCH3 is 1. The number of aryl methyl sites for hydroxylation is 1. The standard InChI is InChI=1S/C13H11BrN2O/c1-7-5-8-11-9(14)3-4-10(17-2)12(11)16-13(8)15-6-7/h3-6H,1-2H3,(H,15,16). The van der Waals surface area contributed by atoms with Crippen LogP contribution in [-0.4, -0.2) is 17.1 Å². The van der Waals surface area contributed by atoms with E-state index in [9.17, 15) is 0 Å². The molecule has 0 unspecified atom stereocenters. The normalized spacial score (nSPS) is 11.2. The van der Waals surface area contributed by atoms with Gasteiger partial charge in [0.1, 0.15) is 11.4 Å². The van der Waals surface area contributed by atoms with Crippen molar-refractivity contribution in [3.05, 3.63) is 34.4 Å². The highest BCUT2D eigenvalue weighted by atomic mass is 79.9. The van der Waals surface area contributed by atoms with E-state index in [1.165, 1.54) is 0 Å². The van der Waals surface area contributed by atoms with E-state index in [4.69, 9.17) is 4.74 Å². The first-order chi connectivity index (χ1) is 8.20. The molecule has 2 heterocycles. The lowest BCUT2D eigenvalue weighted by molar-refractivity contribution is 0.419. The summed E-state index contributed by atoms with van der Waals surface area (Å²) in [4.78, 5) is 7.70. The molecule has 0 aliphatic heterocycles. The van der Waals surface area contributed by atoms with Crippen LogP contribution in [0.3, 0.4) is 0 Å². The van der Waals surface area contributed by atoms with E-state index in [1.54, 1.807) is 7.11 Å². The van der Waals surface area contributed by atoms with Crippen molar-refractivity contribution in [1.82, 2.24) is 9.97 Å². The second-order valence-electron chi connectivity index (χ2n) is 4.03. The largest absolute Gasteiger partial charge is 0.495 e. The molecule has 1 N–H and O–H groups in total. The van der Waals surface area contributed by atoms with Crippen LogP contribution in [0.25, 0.3) is 21.9 Å². The molecule has 0 fully saturated rings. The molecule has 2 aromatic heterocycles. The van der Waals surface area contributed by atoms with Crippen molar-refractivity contribution in [2.24, 2.45) is 0 Å². The lowest BCUT2D eigenvalue weighted by atomic mass is 10.1. The van der Waals surface area contributed by atoms with E-state index in [0.29, 0.717) is 0 Å². The minimum Gasteiger partial charge on any atom is -0.495 e. The first-order valence-electron chi connectivity index (χ1n) is 5.31. The number of halogens is 1. The van der Waals surface area contributed by atoms with E-state index < -0.39 is 0 Å². The van der Waals surface area contributed by atoms with Gasteiger partial charge in [0.2, 0.25) is 0 Å². The molecule has 1 aromatic carbocycles. The summed E-state index contributed by atoms with van der Waals surface area (Å²) in [6.07, 6.45) is 1.86. The molecule has 3 aromatic rings. The zero-order valence-electron chi connectivity index (χ0n) is 9.54. The molecule has 0 amide bonds. The van der Waals surface area contributed by atoms with Crippen LogP contribution < -0.4 is 4.74 Å². The number of hydrogen-bond acceptors (Lipinski definition) is 2. The first kappa shape index (κ1) is 10.6. The topological polar surface area (TPSA) is 37.9 Å². The molecular weight excluding hydrogens is 280 g/mol. The Morgan fingerprint density at radius 1 is 1.35 bits per heavy atom. The van der Waals surface area contributed by atoms with E-state index in [-0.39, 0.29) is 0 Å². The van der Waals surface area contributed by atoms with E-state index in [0.717, 1.165) is 37.7 Å². The Kier molecular flexibility index (Phi) is 2.33. The van der Waals surface area contributed by atoms with Crippen molar-refractivity contribution in [2.75, 3.05) is 7.11 Å². The van der Waals surface area contributed by atoms with Crippen LogP contribution in [-0.2, 0) is 0 Å². The lowest BCUT2D eigenvalue weighted by Crippen LogP contribution is -1.84. The number of hydrogen-bond donors (Lipinski definition) is 1. The minimum atomic E-state index is 0.832. The number of aromatic nitrogens is 2. The highest BCUT2D eigenvalue weighted by Gasteiger charge is 2.12. The highest BCUT2D eigenvalue weighted by Crippen LogP contribution is 2.36. The summed E-state index contributed by atoms with van der Waals surface area (Å²) in [7, 11) is 1.67. The molecule has 0 aliphatic rings. The summed E-state index contributed by atoms with van der Waals surface area (Å²) in [5.41, 5.74) is 3.01. The monoisotopic (exact) mass is 290 g/mol. The van der Waals surface area contributed by atoms with Crippen LogP contribution in [0, 0.1) is 6.92 Å². The van der Waals surface area contributed by atoms with Gasteiger partial charge in [-0.05, 0) is 30.7 Å². The van der Waals surface area contributed by atoms with Gasteiger partial charge >= 0.3 is 0 Å². The Hall–Kier alpha value is -1.55. The van der Waals surface area contributed by atoms with Crippen molar-refractivity contribution in [1.29, 1.82) is 0 Å². The van der Waals surface area contributed by atoms with Gasteiger partial charge in [0.25, 0.3) is 0 Å². The molecule has 0 saturated heterocycles. The maximum Gasteiger partial charge on any atom is 0.143 e. The fraction of sp³-hybridized carbons (Fsp3) is 0.154. The number of pyridine rings is 1. The average Bonchev–Trinajstić information content (AvgIpc) is 2.69. The zero-order valence-corrected chi connectivity index (χ0v) is 11.1. The molecule has 0 aliphatic carbocycles. The summed E-state index contributed by atoms with van der Waals surface area (Å²) < 4.78 is 6.41. The van der Waals surface area contributed by atoms with Gasteiger partial charge in [0.15, 0.2) is 0 Å². The highest BCUT2D eigenvalue weighted by molar-refractivity contribution is 9.10. The molecule has 0 spiro atoms. The molecule has 0 atom stereocenters. The van der Waals surface area contributed by atoms with Crippen LogP contribution in [0.15, 0.2) is 28.9 Å². The average molecular weight is 291 g/mol. The molecule has 0 radical (unpaired) electrons. The summed E-state index contributed by atoms with van der Waals surface area (Å²) in [5, 5.41) is 2.24. The molecule has 17 heavy (non-hydrogen) atoms. The van der Waals surface area contributed by atoms with Gasteiger partial charge in [0, 0.05) is 21.4 Å². The number of nitrogens with one attached hydrogen (secondary N) is 1. The van der Waals surface area contributed by atoms with Crippen LogP contribution in [0.5, 0.6) is 5.75 Å². The smallest absolute Gasteiger partial charge is 0.143 e. The van der Waals surface area contributed by atoms with Crippen molar-refractivity contribution in [2.45, 2.75) is 6.92 Å². The molecule has 0 bridgehead atoms. The van der Waals surface area contributed by atoms with Crippen molar-refractivity contribution >= 4 is 37.9 Å². The van der Waals surface area contributed by atoms with Gasteiger partial charge in [-0.2, -0.15) is 0 Å². The van der Waals surface area contributed by atoms with Gasteiger partial charge in [-0.1, -0.05) is 15.9 Å². The quantitative estimate of drug-likeness (QED) is 0.740. The molecule has 86 valence electrons. The third-order valence-corrected chi connectivity index (χ3v) is 3.53. The van der Waals surface area contributed by atoms with E-state index in [2.05, 4.69) is 32.0 Å². The predicted molar refractivity (Wildman–Crippen MR) is 72.6 cm³/mol. The Morgan fingerprint density at radius 2 is 2.18 bits per heavy atom. The zero-order chi connectivity index (χ0) is 12.0. The second kappa shape index (κ2) is 3.74. The first-order valence-corrected chi connectivity index (χ1v) is 6.10. The van der Waals surface area contributed by atoms with Gasteiger partial charge in [-0.15, -0.1) is 0 Å². The number of nitrogens with zero attached hydrogens (tertiary/aromatic N) is 1. The maximum atomic E-state index is 5.36. The molecule has 3 rings (SSSR count). The molecular formula is C13H11BrN2O. The van der Waals surface area contributed by atoms with Crippen molar-refractivity contribution in [3.63, 3.8) is 0 Å². The Morgan fingerprint density at radius 3 is 2.94 bits per heavy atom. The SMILES string of the molecule is COc1ccc(Br)c2c1[nH]c1ncc(C)cc12. The predicted octanol–water partition coefficient (Wildman–Crippen LogP) is 3.80. The van der Waals surface area contributed by atoms with Crippen molar-refractivity contribution in [3.8, 4) is 5.75 Å². The Bertz CT molecular complexity index is 718. The van der Waals surface area contributed by atoms with Gasteiger partial charge in [0.05, 0.1) is 12.6 Å². The molecule has 4 heteroatoms. The van der Waals surface area contributed by atoms with Crippen LogP contribution >= 0.6 is 15.9 Å². The van der Waals surface area contributed by atoms with Gasteiger partial charge < -0.3 is 9.72 Å². The summed E-state index contributed by atoms with van der Waals surface area (Å²) in [6.45, 7) is 2.04. The van der Waals surface area contributed by atoms with Gasteiger partial charge in [-0.25, -0.2) is 4.98 Å². The minimum absolute atomic E-state index is 0.832. The van der Waals surface area contributed by atoms with Crippen LogP contribution in [0.2, 0.25) is 0 Å². The lowest BCUT2D eigenvalue weighted by Gasteiger charge is -2.02. The number of ether oxygens (including phenoxy) is 1. The van der Waals surface area contributed by atoms with E-state index >= 15 is 0 Å². The third-order valence-electron chi connectivity index (χ3n) is 2.87. The second-order valence-corrected chi connectivity index (χ2v) is 4.89. The molecule has 3 nitrogen and oxygen atoms in total. The Labute approximate surface area is 107 Å². The van der Waals surface area contributed by atoms with Crippen LogP contribution in [0.1, 0.15) is 5.56 Å². The number of rotatable bonds is 1. The number of benzene rings is 1. The Balaban J connectivity index is 2.55. The summed E-state index contributed by atoms with van der Waals surface area (Å²) in [6, 6.07) is 6.07. The van der Waals surface area contributed by atoms with Crippen molar-refractivity contribution < 1.29 is 4.74 Å². The molecule has 0 saturated carbocycles. The van der Waals surface area contributed by atoms with E-state index in [1.807, 2.05) is 25.3 Å². The number of H-pyrrole nitrogens is 1. The summed E-state index contributed by atoms with van der Waals surface area (Å²) in [5.74, 6) is 0.832. The number of fused-ring (bicyclic) bond motifs is 3. The fourth-order valence-corrected chi connectivity index (χ4v) is 2.64.